The third kappa shape index (κ3) is 9.15. The van der Waals surface area contributed by atoms with Crippen LogP contribution in [0.5, 0.6) is 0 Å². The predicted octanol–water partition coefficient (Wildman–Crippen LogP) is 3.82. The Balaban J connectivity index is 0. The third-order valence-electron chi connectivity index (χ3n) is 1.20. The molecule has 0 aliphatic rings. The maximum absolute atomic E-state index is 7.04. The summed E-state index contributed by atoms with van der Waals surface area (Å²) in [6.07, 6.45) is 9.33. The van der Waals surface area contributed by atoms with Gasteiger partial charge in [0.1, 0.15) is 0 Å². The van der Waals surface area contributed by atoms with Crippen LogP contribution in [0.4, 0.5) is 0 Å². The van der Waals surface area contributed by atoms with Crippen LogP contribution in [-0.2, 0) is 0 Å². The summed E-state index contributed by atoms with van der Waals surface area (Å²) in [5.41, 5.74) is -0.0977. The van der Waals surface area contributed by atoms with Gasteiger partial charge in [0.25, 0.3) is 0 Å². The summed E-state index contributed by atoms with van der Waals surface area (Å²) in [7, 11) is 0. The van der Waals surface area contributed by atoms with Crippen LogP contribution in [0.15, 0.2) is 24.3 Å². The number of allylic oxidation sites excluding steroid dienone is 4. The molecule has 0 aromatic heterocycles. The zero-order valence-electron chi connectivity index (χ0n) is 8.89. The molecule has 0 bridgehead atoms. The summed E-state index contributed by atoms with van der Waals surface area (Å²) in [4.78, 5) is 0. The lowest BCUT2D eigenvalue weighted by atomic mass is 9.95. The molecular weight excluding hydrogens is 146 g/mol. The first-order valence-corrected chi connectivity index (χ1v) is 4.44. The Labute approximate surface area is 76.7 Å². The normalized spacial score (nSPS) is 11.4. The maximum Gasteiger partial charge on any atom is 0.0175 e. The highest BCUT2D eigenvalue weighted by molar-refractivity contribution is 5.64. The molecule has 0 aliphatic heterocycles. The van der Waals surface area contributed by atoms with E-state index in [2.05, 4.69) is 0 Å². The van der Waals surface area contributed by atoms with Gasteiger partial charge in [0.2, 0.25) is 0 Å². The van der Waals surface area contributed by atoms with Gasteiger partial charge in [-0.25, -0.2) is 0 Å². The van der Waals surface area contributed by atoms with E-state index >= 15 is 0 Å². The molecule has 70 valence electrons. The van der Waals surface area contributed by atoms with Crippen molar-refractivity contribution in [2.75, 3.05) is 0 Å². The molecule has 0 atom stereocenters. The van der Waals surface area contributed by atoms with E-state index in [1.54, 1.807) is 0 Å². The van der Waals surface area contributed by atoms with E-state index in [-0.39, 0.29) is 5.41 Å². The van der Waals surface area contributed by atoms with Crippen molar-refractivity contribution < 1.29 is 0 Å². The minimum atomic E-state index is -0.0977. The Morgan fingerprint density at radius 1 is 1.08 bits per heavy atom. The molecule has 0 radical (unpaired) electrons. The van der Waals surface area contributed by atoms with Crippen molar-refractivity contribution in [1.29, 1.82) is 5.41 Å². The molecule has 0 aromatic rings. The predicted molar refractivity (Wildman–Crippen MR) is 57.9 cm³/mol. The second-order valence-electron chi connectivity index (χ2n) is 2.85. The number of nitrogens with one attached hydrogen (secondary N) is 1. The zero-order chi connectivity index (χ0) is 10.0. The molecule has 0 unspecified atom stereocenters. The van der Waals surface area contributed by atoms with E-state index in [1.165, 1.54) is 6.21 Å². The Morgan fingerprint density at radius 2 is 1.58 bits per heavy atom. The van der Waals surface area contributed by atoms with Crippen molar-refractivity contribution in [2.45, 2.75) is 34.6 Å². The molecule has 0 amide bonds. The van der Waals surface area contributed by atoms with Gasteiger partial charge in [-0.15, -0.1) is 0 Å². The van der Waals surface area contributed by atoms with Gasteiger partial charge in [-0.1, -0.05) is 52.0 Å². The van der Waals surface area contributed by atoms with Gasteiger partial charge in [-0.05, 0) is 6.92 Å². The average molecular weight is 167 g/mol. The molecule has 1 nitrogen and oxygen atoms in total. The van der Waals surface area contributed by atoms with E-state index < -0.39 is 0 Å². The fourth-order valence-electron chi connectivity index (χ4n) is 0.463. The van der Waals surface area contributed by atoms with Crippen LogP contribution in [-0.4, -0.2) is 6.21 Å². The van der Waals surface area contributed by atoms with E-state index in [9.17, 15) is 0 Å². The molecule has 0 fully saturated rings. The monoisotopic (exact) mass is 167 g/mol. The van der Waals surface area contributed by atoms with Crippen LogP contribution in [0.25, 0.3) is 0 Å². The maximum atomic E-state index is 7.04. The molecule has 0 heterocycles. The lowest BCUT2D eigenvalue weighted by Crippen LogP contribution is -2.06. The second-order valence-corrected chi connectivity index (χ2v) is 2.85. The van der Waals surface area contributed by atoms with Crippen molar-refractivity contribution in [3.05, 3.63) is 24.3 Å². The molecule has 0 rings (SSSR count). The third-order valence-corrected chi connectivity index (χ3v) is 1.20. The highest BCUT2D eigenvalue weighted by atomic mass is 14.4. The van der Waals surface area contributed by atoms with Crippen LogP contribution < -0.4 is 0 Å². The minimum Gasteiger partial charge on any atom is -0.312 e. The lowest BCUT2D eigenvalue weighted by molar-refractivity contribution is 0.690. The summed E-state index contributed by atoms with van der Waals surface area (Å²) in [5.74, 6) is 0. The van der Waals surface area contributed by atoms with Crippen molar-refractivity contribution in [1.82, 2.24) is 0 Å². The highest BCUT2D eigenvalue weighted by Gasteiger charge is 2.06. The Bertz CT molecular complexity index is 152. The second kappa shape index (κ2) is 8.25. The van der Waals surface area contributed by atoms with Crippen LogP contribution in [0.2, 0.25) is 0 Å². The fourth-order valence-corrected chi connectivity index (χ4v) is 0.463. The summed E-state index contributed by atoms with van der Waals surface area (Å²) in [6.45, 7) is 9.97. The molecule has 0 aromatic carbocycles. The largest absolute Gasteiger partial charge is 0.312 e. The standard InChI is InChI=1S/C9H15N.C2H6/c1-4-5-6-7-9(2,3)8-10;1-2/h4-8,10H,1-3H3;1-2H3/b5-4-,7-6-,10-8?;. The van der Waals surface area contributed by atoms with Crippen LogP contribution >= 0.6 is 0 Å². The highest BCUT2D eigenvalue weighted by Crippen LogP contribution is 2.12. The molecule has 0 saturated carbocycles. The van der Waals surface area contributed by atoms with Gasteiger partial charge in [-0.2, -0.15) is 0 Å². The van der Waals surface area contributed by atoms with Gasteiger partial charge >= 0.3 is 0 Å². The van der Waals surface area contributed by atoms with Gasteiger partial charge in [0.15, 0.2) is 0 Å². The summed E-state index contributed by atoms with van der Waals surface area (Å²) in [5, 5.41) is 7.04. The Kier molecular flexibility index (Phi) is 9.43. The van der Waals surface area contributed by atoms with Crippen molar-refractivity contribution in [2.24, 2.45) is 5.41 Å². The first-order valence-electron chi connectivity index (χ1n) is 4.44. The quantitative estimate of drug-likeness (QED) is 0.488. The summed E-state index contributed by atoms with van der Waals surface area (Å²) in [6, 6.07) is 0. The van der Waals surface area contributed by atoms with Crippen LogP contribution in [0.1, 0.15) is 34.6 Å². The molecular formula is C11H21N. The van der Waals surface area contributed by atoms with E-state index in [1.807, 2.05) is 58.9 Å². The van der Waals surface area contributed by atoms with Gasteiger partial charge in [0.05, 0.1) is 0 Å². The molecule has 0 spiro atoms. The van der Waals surface area contributed by atoms with E-state index in [4.69, 9.17) is 5.41 Å². The Morgan fingerprint density at radius 3 is 1.92 bits per heavy atom. The molecule has 0 saturated heterocycles. The number of hydrogen-bond donors (Lipinski definition) is 1. The smallest absolute Gasteiger partial charge is 0.0175 e. The topological polar surface area (TPSA) is 23.9 Å². The Hall–Kier alpha value is -0.850. The van der Waals surface area contributed by atoms with Gasteiger partial charge in [0, 0.05) is 11.6 Å². The first-order chi connectivity index (χ1) is 5.62. The molecule has 1 heteroatoms. The fraction of sp³-hybridized carbons (Fsp3) is 0.545. The zero-order valence-corrected chi connectivity index (χ0v) is 8.89. The van der Waals surface area contributed by atoms with Gasteiger partial charge < -0.3 is 5.41 Å². The van der Waals surface area contributed by atoms with Crippen LogP contribution in [0, 0.1) is 10.8 Å². The summed E-state index contributed by atoms with van der Waals surface area (Å²) < 4.78 is 0. The SMILES string of the molecule is C/C=C\C=C/C(C)(C)C=N.CC. The lowest BCUT2D eigenvalue weighted by Gasteiger charge is -2.10. The number of hydrogen-bond acceptors (Lipinski definition) is 1. The molecule has 0 aliphatic carbocycles. The average Bonchev–Trinajstić information content (AvgIpc) is 2.09. The van der Waals surface area contributed by atoms with Crippen molar-refractivity contribution >= 4 is 6.21 Å². The van der Waals surface area contributed by atoms with Crippen molar-refractivity contribution in [3.8, 4) is 0 Å². The van der Waals surface area contributed by atoms with Gasteiger partial charge in [-0.3, -0.25) is 0 Å². The summed E-state index contributed by atoms with van der Waals surface area (Å²) >= 11 is 0. The molecule has 1 N–H and O–H groups in total. The first kappa shape index (κ1) is 13.7. The minimum absolute atomic E-state index is 0.0977. The van der Waals surface area contributed by atoms with Crippen molar-refractivity contribution in [3.63, 3.8) is 0 Å². The van der Waals surface area contributed by atoms with E-state index in [0.29, 0.717) is 0 Å². The number of rotatable bonds is 3. The van der Waals surface area contributed by atoms with Crippen LogP contribution in [0.3, 0.4) is 0 Å². The van der Waals surface area contributed by atoms with E-state index in [0.717, 1.165) is 0 Å². The molecule has 12 heavy (non-hydrogen) atoms.